The Labute approximate surface area is 83.9 Å². The van der Waals surface area contributed by atoms with E-state index in [-0.39, 0.29) is 6.04 Å². The lowest BCUT2D eigenvalue weighted by Gasteiger charge is -2.29. The predicted octanol–water partition coefficient (Wildman–Crippen LogP) is 1.16. The van der Waals surface area contributed by atoms with E-state index in [9.17, 15) is 0 Å². The number of nitrogens with two attached hydrogens (primary N) is 1. The summed E-state index contributed by atoms with van der Waals surface area (Å²) in [5.41, 5.74) is 6.02. The number of hydrogen-bond donors (Lipinski definition) is 2. The van der Waals surface area contributed by atoms with Gasteiger partial charge in [-0.3, -0.25) is 4.98 Å². The van der Waals surface area contributed by atoms with Gasteiger partial charge in [0.05, 0.1) is 6.20 Å². The van der Waals surface area contributed by atoms with Gasteiger partial charge in [0.2, 0.25) is 0 Å². The van der Waals surface area contributed by atoms with Crippen LogP contribution in [0, 0.1) is 0 Å². The van der Waals surface area contributed by atoms with Gasteiger partial charge in [-0.1, -0.05) is 12.8 Å². The van der Waals surface area contributed by atoms with Gasteiger partial charge < -0.3 is 11.1 Å². The van der Waals surface area contributed by atoms with Crippen molar-refractivity contribution in [1.29, 1.82) is 0 Å². The molecule has 1 aliphatic rings. The Kier molecular flexibility index (Phi) is 2.93. The summed E-state index contributed by atoms with van der Waals surface area (Å²) in [6, 6.07) is 0.617. The molecule has 1 aliphatic carbocycles. The van der Waals surface area contributed by atoms with E-state index >= 15 is 0 Å². The molecule has 76 valence electrons. The van der Waals surface area contributed by atoms with Crippen molar-refractivity contribution in [2.24, 2.45) is 5.73 Å². The van der Waals surface area contributed by atoms with Crippen LogP contribution in [-0.4, -0.2) is 22.1 Å². The van der Waals surface area contributed by atoms with Crippen LogP contribution in [-0.2, 0) is 0 Å². The minimum Gasteiger partial charge on any atom is -0.365 e. The number of nitrogens with zero attached hydrogens (tertiary/aromatic N) is 2. The van der Waals surface area contributed by atoms with Crippen molar-refractivity contribution >= 4 is 5.82 Å². The zero-order chi connectivity index (χ0) is 9.80. The van der Waals surface area contributed by atoms with Crippen LogP contribution in [0.5, 0.6) is 0 Å². The second kappa shape index (κ2) is 4.37. The molecule has 0 unspecified atom stereocenters. The monoisotopic (exact) mass is 192 g/mol. The van der Waals surface area contributed by atoms with Crippen LogP contribution in [0.2, 0.25) is 0 Å². The molecule has 0 bridgehead atoms. The van der Waals surface area contributed by atoms with E-state index in [0.29, 0.717) is 6.04 Å². The van der Waals surface area contributed by atoms with Gasteiger partial charge in [0.15, 0.2) is 0 Å². The summed E-state index contributed by atoms with van der Waals surface area (Å²) in [5.74, 6) is 0.829. The first-order valence-corrected chi connectivity index (χ1v) is 5.14. The third kappa shape index (κ3) is 2.20. The van der Waals surface area contributed by atoms with Crippen molar-refractivity contribution in [3.8, 4) is 0 Å². The molecular formula is C10H16N4. The fourth-order valence-electron chi connectivity index (χ4n) is 1.90. The Hall–Kier alpha value is -1.16. The summed E-state index contributed by atoms with van der Waals surface area (Å²) in [5, 5.41) is 3.33. The second-order valence-electron chi connectivity index (χ2n) is 3.79. The standard InChI is InChI=1S/C10H16N4/c11-8-3-1-2-4-9(8)14-10-7-12-5-6-13-10/h5-9H,1-4,11H2,(H,13,14)/t8-,9-/m1/s1. The van der Waals surface area contributed by atoms with Crippen molar-refractivity contribution < 1.29 is 0 Å². The topological polar surface area (TPSA) is 63.8 Å². The molecule has 0 aromatic carbocycles. The quantitative estimate of drug-likeness (QED) is 0.738. The normalized spacial score (nSPS) is 27.2. The molecular weight excluding hydrogens is 176 g/mol. The molecule has 4 nitrogen and oxygen atoms in total. The lowest BCUT2D eigenvalue weighted by molar-refractivity contribution is 0.403. The smallest absolute Gasteiger partial charge is 0.144 e. The van der Waals surface area contributed by atoms with Crippen molar-refractivity contribution in [2.45, 2.75) is 37.8 Å². The Bertz CT molecular complexity index is 275. The minimum atomic E-state index is 0.255. The minimum absolute atomic E-state index is 0.255. The molecule has 2 atom stereocenters. The Morgan fingerprint density at radius 2 is 2.14 bits per heavy atom. The molecule has 0 spiro atoms. The molecule has 1 fully saturated rings. The van der Waals surface area contributed by atoms with E-state index in [1.807, 2.05) is 0 Å². The fraction of sp³-hybridized carbons (Fsp3) is 0.600. The molecule has 0 radical (unpaired) electrons. The zero-order valence-corrected chi connectivity index (χ0v) is 8.19. The summed E-state index contributed by atoms with van der Waals surface area (Å²) in [6.45, 7) is 0. The number of aromatic nitrogens is 2. The van der Waals surface area contributed by atoms with Crippen LogP contribution in [0.25, 0.3) is 0 Å². The Morgan fingerprint density at radius 3 is 2.86 bits per heavy atom. The highest BCUT2D eigenvalue weighted by Gasteiger charge is 2.21. The van der Waals surface area contributed by atoms with Crippen LogP contribution in [0.3, 0.4) is 0 Å². The maximum absolute atomic E-state index is 6.02. The lowest BCUT2D eigenvalue weighted by atomic mass is 9.91. The Balaban J connectivity index is 1.96. The third-order valence-electron chi connectivity index (χ3n) is 2.72. The lowest BCUT2D eigenvalue weighted by Crippen LogP contribution is -2.42. The summed E-state index contributed by atoms with van der Waals surface area (Å²) >= 11 is 0. The summed E-state index contributed by atoms with van der Waals surface area (Å²) in [7, 11) is 0. The maximum Gasteiger partial charge on any atom is 0.144 e. The van der Waals surface area contributed by atoms with Gasteiger partial charge in [-0.05, 0) is 12.8 Å². The van der Waals surface area contributed by atoms with Crippen LogP contribution in [0.4, 0.5) is 5.82 Å². The van der Waals surface area contributed by atoms with Gasteiger partial charge in [0.1, 0.15) is 5.82 Å². The molecule has 1 heterocycles. The first-order chi connectivity index (χ1) is 6.86. The first kappa shape index (κ1) is 9.40. The van der Waals surface area contributed by atoms with E-state index in [1.165, 1.54) is 12.8 Å². The Morgan fingerprint density at radius 1 is 1.29 bits per heavy atom. The highest BCUT2D eigenvalue weighted by atomic mass is 15.0. The highest BCUT2D eigenvalue weighted by molar-refractivity contribution is 5.32. The maximum atomic E-state index is 6.02. The van der Waals surface area contributed by atoms with Gasteiger partial charge in [0.25, 0.3) is 0 Å². The zero-order valence-electron chi connectivity index (χ0n) is 8.19. The molecule has 14 heavy (non-hydrogen) atoms. The fourth-order valence-corrected chi connectivity index (χ4v) is 1.90. The van der Waals surface area contributed by atoms with Crippen LogP contribution in [0.15, 0.2) is 18.6 Å². The van der Waals surface area contributed by atoms with Crippen LogP contribution in [0.1, 0.15) is 25.7 Å². The summed E-state index contributed by atoms with van der Waals surface area (Å²) in [4.78, 5) is 8.19. The second-order valence-corrected chi connectivity index (χ2v) is 3.79. The van der Waals surface area contributed by atoms with Gasteiger partial charge in [-0.25, -0.2) is 4.98 Å². The number of rotatable bonds is 2. The molecule has 3 N–H and O–H groups in total. The largest absolute Gasteiger partial charge is 0.365 e. The molecule has 1 aromatic heterocycles. The SMILES string of the molecule is N[C@@H]1CCCC[C@H]1Nc1cnccn1. The van der Waals surface area contributed by atoms with E-state index in [4.69, 9.17) is 5.73 Å². The molecule has 4 heteroatoms. The van der Waals surface area contributed by atoms with Crippen molar-refractivity contribution in [1.82, 2.24) is 9.97 Å². The van der Waals surface area contributed by atoms with Crippen molar-refractivity contribution in [3.05, 3.63) is 18.6 Å². The summed E-state index contributed by atoms with van der Waals surface area (Å²) in [6.07, 6.45) is 9.85. The number of anilines is 1. The molecule has 1 aromatic rings. The van der Waals surface area contributed by atoms with Gasteiger partial charge in [-0.2, -0.15) is 0 Å². The molecule has 1 saturated carbocycles. The average Bonchev–Trinajstić information content (AvgIpc) is 2.23. The van der Waals surface area contributed by atoms with Gasteiger partial charge in [-0.15, -0.1) is 0 Å². The average molecular weight is 192 g/mol. The van der Waals surface area contributed by atoms with E-state index in [2.05, 4.69) is 15.3 Å². The van der Waals surface area contributed by atoms with Crippen LogP contribution < -0.4 is 11.1 Å². The third-order valence-corrected chi connectivity index (χ3v) is 2.72. The van der Waals surface area contributed by atoms with E-state index in [1.54, 1.807) is 18.6 Å². The van der Waals surface area contributed by atoms with Gasteiger partial charge in [0, 0.05) is 24.5 Å². The number of hydrogen-bond acceptors (Lipinski definition) is 4. The molecule has 2 rings (SSSR count). The molecule has 0 aliphatic heterocycles. The van der Waals surface area contributed by atoms with Crippen LogP contribution >= 0.6 is 0 Å². The molecule has 0 amide bonds. The van der Waals surface area contributed by atoms with Gasteiger partial charge >= 0.3 is 0 Å². The summed E-state index contributed by atoms with van der Waals surface area (Å²) < 4.78 is 0. The highest BCUT2D eigenvalue weighted by Crippen LogP contribution is 2.19. The molecule has 0 saturated heterocycles. The first-order valence-electron chi connectivity index (χ1n) is 5.14. The number of nitrogens with one attached hydrogen (secondary N) is 1. The van der Waals surface area contributed by atoms with Crippen molar-refractivity contribution in [3.63, 3.8) is 0 Å². The van der Waals surface area contributed by atoms with Crippen molar-refractivity contribution in [2.75, 3.05) is 5.32 Å². The predicted molar refractivity (Wildman–Crippen MR) is 55.9 cm³/mol. The van der Waals surface area contributed by atoms with E-state index < -0.39 is 0 Å². The van der Waals surface area contributed by atoms with E-state index in [0.717, 1.165) is 18.7 Å².